The van der Waals surface area contributed by atoms with Crippen molar-refractivity contribution in [2.75, 3.05) is 12.4 Å². The predicted octanol–water partition coefficient (Wildman–Crippen LogP) is 2.34. The molecule has 1 heterocycles. The van der Waals surface area contributed by atoms with E-state index in [0.717, 1.165) is 0 Å². The van der Waals surface area contributed by atoms with Crippen LogP contribution in [0.1, 0.15) is 26.5 Å². The quantitative estimate of drug-likeness (QED) is 0.839. The van der Waals surface area contributed by atoms with Crippen LogP contribution in [-0.4, -0.2) is 24.8 Å². The van der Waals surface area contributed by atoms with Gasteiger partial charge in [0, 0.05) is 6.07 Å². The normalized spacial score (nSPS) is 10.9. The lowest BCUT2D eigenvalue weighted by Gasteiger charge is -2.19. The Kier molecular flexibility index (Phi) is 4.36. The number of esters is 1. The lowest BCUT2D eigenvalue weighted by Crippen LogP contribution is -2.27. The minimum atomic E-state index is -0.602. The summed E-state index contributed by atoms with van der Waals surface area (Å²) in [6.07, 6.45) is 0.731. The van der Waals surface area contributed by atoms with E-state index in [-0.39, 0.29) is 6.42 Å². The summed E-state index contributed by atoms with van der Waals surface area (Å²) in [5, 5.41) is 2.51. The lowest BCUT2D eigenvalue weighted by molar-refractivity contribution is -0.140. The van der Waals surface area contributed by atoms with E-state index < -0.39 is 17.7 Å². The third-order valence-corrected chi connectivity index (χ3v) is 1.91. The number of rotatable bonds is 3. The van der Waals surface area contributed by atoms with Gasteiger partial charge in [-0.05, 0) is 20.8 Å². The van der Waals surface area contributed by atoms with E-state index in [1.807, 2.05) is 0 Å². The van der Waals surface area contributed by atoms with Gasteiger partial charge >= 0.3 is 12.1 Å². The van der Waals surface area contributed by atoms with E-state index in [1.54, 1.807) is 26.8 Å². The number of furan rings is 1. The first-order valence-electron chi connectivity index (χ1n) is 5.45. The molecule has 0 aromatic carbocycles. The molecule has 1 amide bonds. The maximum absolute atomic E-state index is 11.5. The lowest BCUT2D eigenvalue weighted by atomic mass is 10.2. The summed E-state index contributed by atoms with van der Waals surface area (Å²) in [5.74, 6) is -0.120. The van der Waals surface area contributed by atoms with Gasteiger partial charge in [-0.25, -0.2) is 4.79 Å². The van der Waals surface area contributed by atoms with Gasteiger partial charge in [0.2, 0.25) is 0 Å². The second kappa shape index (κ2) is 5.57. The van der Waals surface area contributed by atoms with Crippen LogP contribution in [0.25, 0.3) is 0 Å². The van der Waals surface area contributed by atoms with Crippen molar-refractivity contribution in [2.45, 2.75) is 32.8 Å². The number of ether oxygens (including phenoxy) is 2. The van der Waals surface area contributed by atoms with Crippen LogP contribution in [-0.2, 0) is 20.7 Å². The van der Waals surface area contributed by atoms with E-state index in [2.05, 4.69) is 10.1 Å². The standard InChI is InChI=1S/C12H17NO5/c1-12(2,3)18-11(15)13-8-5-6-17-9(8)7-10(14)16-4/h5-6H,7H2,1-4H3,(H,13,15). The molecule has 0 radical (unpaired) electrons. The zero-order valence-corrected chi connectivity index (χ0v) is 10.9. The first-order chi connectivity index (χ1) is 8.31. The van der Waals surface area contributed by atoms with Gasteiger partial charge in [0.15, 0.2) is 0 Å². The smallest absolute Gasteiger partial charge is 0.412 e. The molecule has 0 aliphatic carbocycles. The van der Waals surface area contributed by atoms with Crippen LogP contribution in [0.5, 0.6) is 0 Å². The van der Waals surface area contributed by atoms with Crippen LogP contribution in [0.15, 0.2) is 16.7 Å². The molecule has 0 spiro atoms. The molecule has 0 bridgehead atoms. The second-order valence-corrected chi connectivity index (χ2v) is 4.64. The van der Waals surface area contributed by atoms with Gasteiger partial charge in [-0.3, -0.25) is 10.1 Å². The fourth-order valence-electron chi connectivity index (χ4n) is 1.21. The van der Waals surface area contributed by atoms with Gasteiger partial charge in [-0.2, -0.15) is 0 Å². The molecule has 0 aliphatic heterocycles. The molecule has 1 N–H and O–H groups in total. The van der Waals surface area contributed by atoms with Crippen LogP contribution in [0.4, 0.5) is 10.5 Å². The summed E-state index contributed by atoms with van der Waals surface area (Å²) >= 11 is 0. The van der Waals surface area contributed by atoms with E-state index in [1.165, 1.54) is 13.4 Å². The zero-order chi connectivity index (χ0) is 13.8. The molecule has 0 aliphatic rings. The van der Waals surface area contributed by atoms with Crippen LogP contribution in [0, 0.1) is 0 Å². The van der Waals surface area contributed by atoms with E-state index in [9.17, 15) is 9.59 Å². The molecule has 6 nitrogen and oxygen atoms in total. The minimum absolute atomic E-state index is 0.0470. The molecule has 1 aromatic heterocycles. The summed E-state index contributed by atoms with van der Waals surface area (Å²) < 4.78 is 14.7. The highest BCUT2D eigenvalue weighted by Crippen LogP contribution is 2.19. The summed E-state index contributed by atoms with van der Waals surface area (Å²) in [7, 11) is 1.28. The molecule has 1 rings (SSSR count). The van der Waals surface area contributed by atoms with Crippen molar-refractivity contribution in [2.24, 2.45) is 0 Å². The minimum Gasteiger partial charge on any atom is -0.469 e. The fourth-order valence-corrected chi connectivity index (χ4v) is 1.21. The van der Waals surface area contributed by atoms with Crippen molar-refractivity contribution < 1.29 is 23.5 Å². The SMILES string of the molecule is COC(=O)Cc1occc1NC(=O)OC(C)(C)C. The highest BCUT2D eigenvalue weighted by molar-refractivity contribution is 5.86. The third-order valence-electron chi connectivity index (χ3n) is 1.91. The molecule has 100 valence electrons. The maximum Gasteiger partial charge on any atom is 0.412 e. The van der Waals surface area contributed by atoms with Crippen molar-refractivity contribution >= 4 is 17.7 Å². The molecule has 1 aromatic rings. The Morgan fingerprint density at radius 1 is 1.39 bits per heavy atom. The van der Waals surface area contributed by atoms with Gasteiger partial charge in [-0.15, -0.1) is 0 Å². The van der Waals surface area contributed by atoms with E-state index in [0.29, 0.717) is 11.4 Å². The number of nitrogens with one attached hydrogen (secondary N) is 1. The summed E-state index contributed by atoms with van der Waals surface area (Å²) in [5.41, 5.74) is -0.189. The second-order valence-electron chi connectivity index (χ2n) is 4.64. The van der Waals surface area contributed by atoms with Crippen molar-refractivity contribution in [3.63, 3.8) is 0 Å². The maximum atomic E-state index is 11.5. The van der Waals surface area contributed by atoms with Crippen molar-refractivity contribution in [1.29, 1.82) is 0 Å². The van der Waals surface area contributed by atoms with Crippen LogP contribution >= 0.6 is 0 Å². The molecular weight excluding hydrogens is 238 g/mol. The first-order valence-corrected chi connectivity index (χ1v) is 5.45. The molecule has 18 heavy (non-hydrogen) atoms. The number of hydrogen-bond acceptors (Lipinski definition) is 5. The summed E-state index contributed by atoms with van der Waals surface area (Å²) in [4.78, 5) is 22.7. The monoisotopic (exact) mass is 255 g/mol. The Morgan fingerprint density at radius 2 is 2.06 bits per heavy atom. The molecule has 6 heteroatoms. The predicted molar refractivity (Wildman–Crippen MR) is 64.3 cm³/mol. The Labute approximate surface area is 105 Å². The fraction of sp³-hybridized carbons (Fsp3) is 0.500. The number of carbonyl (C=O) groups excluding carboxylic acids is 2. The van der Waals surface area contributed by atoms with Gasteiger partial charge in [-0.1, -0.05) is 0 Å². The average Bonchev–Trinajstić information content (AvgIpc) is 2.62. The molecule has 0 atom stereocenters. The number of methoxy groups -OCH3 is 1. The molecular formula is C12H17NO5. The third kappa shape index (κ3) is 4.48. The zero-order valence-electron chi connectivity index (χ0n) is 10.9. The van der Waals surface area contributed by atoms with Crippen LogP contribution in [0.2, 0.25) is 0 Å². The van der Waals surface area contributed by atoms with Crippen LogP contribution < -0.4 is 5.32 Å². The van der Waals surface area contributed by atoms with Gasteiger partial charge in [0.05, 0.1) is 19.1 Å². The average molecular weight is 255 g/mol. The van der Waals surface area contributed by atoms with Gasteiger partial charge in [0.1, 0.15) is 17.8 Å². The summed E-state index contributed by atoms with van der Waals surface area (Å²) in [6.45, 7) is 5.28. The molecule has 0 saturated heterocycles. The highest BCUT2D eigenvalue weighted by atomic mass is 16.6. The Balaban J connectivity index is 2.65. The molecule has 0 unspecified atom stereocenters. The molecule has 0 fully saturated rings. The Hall–Kier alpha value is -1.98. The van der Waals surface area contributed by atoms with E-state index in [4.69, 9.17) is 9.15 Å². The Bertz CT molecular complexity index is 430. The number of hydrogen-bond donors (Lipinski definition) is 1. The number of anilines is 1. The summed E-state index contributed by atoms with van der Waals surface area (Å²) in [6, 6.07) is 1.54. The Morgan fingerprint density at radius 3 is 2.61 bits per heavy atom. The van der Waals surface area contributed by atoms with Gasteiger partial charge < -0.3 is 13.9 Å². The van der Waals surface area contributed by atoms with Crippen LogP contribution in [0.3, 0.4) is 0 Å². The van der Waals surface area contributed by atoms with Gasteiger partial charge in [0.25, 0.3) is 0 Å². The largest absolute Gasteiger partial charge is 0.469 e. The van der Waals surface area contributed by atoms with Crippen molar-refractivity contribution in [3.05, 3.63) is 18.1 Å². The van der Waals surface area contributed by atoms with E-state index >= 15 is 0 Å². The molecule has 0 saturated carbocycles. The first kappa shape index (κ1) is 14.1. The van der Waals surface area contributed by atoms with Crippen molar-refractivity contribution in [1.82, 2.24) is 0 Å². The van der Waals surface area contributed by atoms with Crippen molar-refractivity contribution in [3.8, 4) is 0 Å². The number of amides is 1. The topological polar surface area (TPSA) is 77.8 Å². The highest BCUT2D eigenvalue weighted by Gasteiger charge is 2.19. The number of carbonyl (C=O) groups is 2.